The van der Waals surface area contributed by atoms with E-state index in [4.69, 9.17) is 0 Å². The number of nitrogens with one attached hydrogen (secondary N) is 2. The van der Waals surface area contributed by atoms with Crippen molar-refractivity contribution >= 4 is 98.9 Å². The highest BCUT2D eigenvalue weighted by molar-refractivity contribution is 6.13. The molecule has 0 saturated heterocycles. The normalized spacial score (nSPS) is 15.1. The van der Waals surface area contributed by atoms with Gasteiger partial charge in [-0.15, -0.1) is 0 Å². The molecule has 0 saturated carbocycles. The Bertz CT molecular complexity index is 5540. The van der Waals surface area contributed by atoms with Crippen molar-refractivity contribution in [3.05, 3.63) is 300 Å². The van der Waals surface area contributed by atoms with E-state index in [1.54, 1.807) is 12.1 Å². The maximum absolute atomic E-state index is 13.8. The Morgan fingerprint density at radius 2 is 0.886 bits per heavy atom. The molecule has 12 aromatic carbocycles. The second kappa shape index (κ2) is 19.3. The fraction of sp³-hybridized carbons (Fsp3) is 0.0633. The molecule has 2 unspecified atom stereocenters. The molecule has 0 radical (unpaired) electrons. The Labute approximate surface area is 503 Å². The summed E-state index contributed by atoms with van der Waals surface area (Å²) >= 11 is 0. The number of aryl methyl sites for hydroxylation is 1. The van der Waals surface area contributed by atoms with Crippen molar-refractivity contribution in [2.75, 3.05) is 5.32 Å². The summed E-state index contributed by atoms with van der Waals surface area (Å²) in [6.45, 7) is 0. The van der Waals surface area contributed by atoms with Gasteiger partial charge < -0.3 is 23.6 Å². The van der Waals surface area contributed by atoms with Crippen molar-refractivity contribution in [3.8, 4) is 33.9 Å². The first kappa shape index (κ1) is 50.5. The van der Waals surface area contributed by atoms with Gasteiger partial charge in [0.2, 0.25) is 0 Å². The molecule has 18 rings (SSSR count). The number of halogens is 3. The number of allylic oxidation sites excluding steroid dienone is 1. The van der Waals surface area contributed by atoms with E-state index in [9.17, 15) is 13.2 Å². The summed E-state index contributed by atoms with van der Waals surface area (Å²) < 4.78 is 51.2. The van der Waals surface area contributed by atoms with Gasteiger partial charge >= 0.3 is 6.18 Å². The third kappa shape index (κ3) is 7.73. The molecule has 88 heavy (non-hydrogen) atoms. The van der Waals surface area contributed by atoms with E-state index in [1.165, 1.54) is 45.1 Å². The molecule has 0 bridgehead atoms. The van der Waals surface area contributed by atoms with E-state index in [0.29, 0.717) is 5.56 Å². The standard InChI is InChI=1S/C79H53F3N6/c80-79(81,82)53-35-32-48(33-36-53)50-17-15-18-51(42-50)77-76-58-19-2-1-16-49(58)34-39-67(76)83-78(84-77)52-43-56(87-72-30-13-7-24-63(72)65-46-54(37-40-74(65)87)85-68-26-9-3-20-59(68)60-21-4-10-27-69(60)85)45-57(44-52)88-73-31-14-8-25-64(73)66-47-55(38-41-75(66)88)86-70-28-11-5-22-61(70)62-23-6-12-29-71(62)86/h1-5,7-22,24-47,77-78,83-84H,6,23H2. The summed E-state index contributed by atoms with van der Waals surface area (Å²) in [4.78, 5) is 0. The Morgan fingerprint density at radius 3 is 1.49 bits per heavy atom. The number of nitrogens with zero attached hydrogens (tertiary/aromatic N) is 4. The quantitative estimate of drug-likeness (QED) is 0.167. The molecule has 2 aliphatic rings. The van der Waals surface area contributed by atoms with Gasteiger partial charge in [0, 0.05) is 77.4 Å². The van der Waals surface area contributed by atoms with Gasteiger partial charge in [-0.3, -0.25) is 5.32 Å². The van der Waals surface area contributed by atoms with E-state index in [2.05, 4.69) is 266 Å². The van der Waals surface area contributed by atoms with Crippen molar-refractivity contribution in [3.63, 3.8) is 0 Å². The zero-order valence-electron chi connectivity index (χ0n) is 47.5. The lowest BCUT2D eigenvalue weighted by molar-refractivity contribution is -0.137. The monoisotopic (exact) mass is 1140 g/mol. The first-order valence-corrected chi connectivity index (χ1v) is 30.1. The number of hydrogen-bond acceptors (Lipinski definition) is 2. The van der Waals surface area contributed by atoms with Crippen LogP contribution in [-0.4, -0.2) is 18.3 Å². The van der Waals surface area contributed by atoms with Crippen molar-refractivity contribution < 1.29 is 13.2 Å². The first-order chi connectivity index (χ1) is 43.3. The second-order valence-electron chi connectivity index (χ2n) is 23.5. The van der Waals surface area contributed by atoms with Gasteiger partial charge in [-0.25, -0.2) is 0 Å². The summed E-state index contributed by atoms with van der Waals surface area (Å²) in [6, 6.07) is 90.8. The molecule has 6 nitrogen and oxygen atoms in total. The largest absolute Gasteiger partial charge is 0.416 e. The van der Waals surface area contributed by atoms with E-state index in [1.807, 2.05) is 12.1 Å². The molecule has 16 aromatic rings. The Hall–Kier alpha value is -10.9. The molecule has 0 fully saturated rings. The maximum atomic E-state index is 13.8. The number of anilines is 1. The van der Waals surface area contributed by atoms with Crippen LogP contribution >= 0.6 is 0 Å². The van der Waals surface area contributed by atoms with E-state index in [0.717, 1.165) is 129 Å². The van der Waals surface area contributed by atoms with E-state index >= 15 is 0 Å². The van der Waals surface area contributed by atoms with Gasteiger partial charge in [0.1, 0.15) is 6.17 Å². The molecular formula is C79H53F3N6. The highest BCUT2D eigenvalue weighted by Gasteiger charge is 2.33. The summed E-state index contributed by atoms with van der Waals surface area (Å²) in [5.41, 5.74) is 19.7. The van der Waals surface area contributed by atoms with Gasteiger partial charge in [-0.05, 0) is 167 Å². The van der Waals surface area contributed by atoms with Crippen LogP contribution in [-0.2, 0) is 12.6 Å². The number of benzene rings is 12. The van der Waals surface area contributed by atoms with Crippen LogP contribution in [0.2, 0.25) is 0 Å². The maximum Gasteiger partial charge on any atom is 0.416 e. The van der Waals surface area contributed by atoms with Crippen LogP contribution in [0.5, 0.6) is 0 Å². The smallest absolute Gasteiger partial charge is 0.366 e. The molecule has 1 aliphatic carbocycles. The summed E-state index contributed by atoms with van der Waals surface area (Å²) in [5, 5.41) is 18.8. The topological polar surface area (TPSA) is 43.8 Å². The van der Waals surface area contributed by atoms with Crippen LogP contribution in [0.25, 0.3) is 127 Å². The molecule has 0 spiro atoms. The molecule has 420 valence electrons. The van der Waals surface area contributed by atoms with Crippen LogP contribution in [0.3, 0.4) is 0 Å². The zero-order chi connectivity index (χ0) is 58.4. The van der Waals surface area contributed by atoms with Crippen molar-refractivity contribution in [2.45, 2.75) is 31.2 Å². The predicted octanol–water partition coefficient (Wildman–Crippen LogP) is 20.5. The summed E-state index contributed by atoms with van der Waals surface area (Å²) in [5.74, 6) is 0. The third-order valence-corrected chi connectivity index (χ3v) is 18.7. The second-order valence-corrected chi connectivity index (χ2v) is 23.5. The number of rotatable bonds is 7. The molecular weight excluding hydrogens is 1090 g/mol. The van der Waals surface area contributed by atoms with Gasteiger partial charge in [0.25, 0.3) is 0 Å². The third-order valence-electron chi connectivity index (χ3n) is 18.7. The predicted molar refractivity (Wildman–Crippen MR) is 356 cm³/mol. The van der Waals surface area contributed by atoms with E-state index < -0.39 is 17.9 Å². The highest BCUT2D eigenvalue weighted by Crippen LogP contribution is 2.46. The summed E-state index contributed by atoms with van der Waals surface area (Å²) in [7, 11) is 0. The average Bonchev–Trinajstić information content (AvgIpc) is 1.84. The number of aromatic nitrogens is 4. The molecule has 4 aromatic heterocycles. The number of hydrogen-bond donors (Lipinski definition) is 2. The molecule has 1 aliphatic heterocycles. The molecule has 5 heterocycles. The minimum absolute atomic E-state index is 0.335. The molecule has 2 atom stereocenters. The Morgan fingerprint density at radius 1 is 0.375 bits per heavy atom. The Balaban J connectivity index is 0.859. The lowest BCUT2D eigenvalue weighted by Gasteiger charge is -2.37. The minimum atomic E-state index is -4.43. The van der Waals surface area contributed by atoms with Crippen molar-refractivity contribution in [1.29, 1.82) is 0 Å². The fourth-order valence-electron chi connectivity index (χ4n) is 14.8. The lowest BCUT2D eigenvalue weighted by atomic mass is 9.88. The van der Waals surface area contributed by atoms with Gasteiger partial charge in [0.15, 0.2) is 0 Å². The van der Waals surface area contributed by atoms with Gasteiger partial charge in [-0.2, -0.15) is 13.2 Å². The average molecular weight is 1140 g/mol. The molecule has 0 amide bonds. The minimum Gasteiger partial charge on any atom is -0.366 e. The van der Waals surface area contributed by atoms with Crippen LogP contribution in [0, 0.1) is 0 Å². The lowest BCUT2D eigenvalue weighted by Crippen LogP contribution is -2.37. The Kier molecular flexibility index (Phi) is 11.1. The van der Waals surface area contributed by atoms with Crippen LogP contribution in [0.15, 0.2) is 267 Å². The van der Waals surface area contributed by atoms with Crippen LogP contribution in [0.1, 0.15) is 52.1 Å². The number of fused-ring (bicyclic) bond motifs is 15. The van der Waals surface area contributed by atoms with Crippen LogP contribution in [0.4, 0.5) is 18.9 Å². The van der Waals surface area contributed by atoms with Gasteiger partial charge in [-0.1, -0.05) is 158 Å². The first-order valence-electron chi connectivity index (χ1n) is 30.1. The fourth-order valence-corrected chi connectivity index (χ4v) is 14.8. The number of para-hydroxylation sites is 5. The van der Waals surface area contributed by atoms with Crippen molar-refractivity contribution in [2.24, 2.45) is 0 Å². The number of alkyl halides is 3. The van der Waals surface area contributed by atoms with Gasteiger partial charge in [0.05, 0.1) is 50.2 Å². The van der Waals surface area contributed by atoms with Crippen molar-refractivity contribution in [1.82, 2.24) is 23.6 Å². The molecule has 9 heteroatoms. The van der Waals surface area contributed by atoms with E-state index in [-0.39, 0.29) is 6.04 Å². The zero-order valence-corrected chi connectivity index (χ0v) is 47.5. The summed E-state index contributed by atoms with van der Waals surface area (Å²) in [6.07, 6.45) is 1.78. The molecule has 2 N–H and O–H groups in total. The highest BCUT2D eigenvalue weighted by atomic mass is 19.4. The van der Waals surface area contributed by atoms with Crippen LogP contribution < -0.4 is 10.6 Å². The SMILES string of the molecule is FC(F)(F)c1ccc(-c2cccc(C3NC(c4cc(-n5c6ccccc6c6cc(-n7c8c(c9ccccc97)CCC=C8)ccc65)cc(-n5c6ccccc6c6cc(-n7c8ccccc8c8ccccc87)ccc65)c4)Nc4ccc5ccccc5c43)c2)cc1.